The Kier molecular flexibility index (Phi) is 3.06. The zero-order valence-corrected chi connectivity index (χ0v) is 10.4. The lowest BCUT2D eigenvalue weighted by Gasteiger charge is -2.21. The van der Waals surface area contributed by atoms with Crippen molar-refractivity contribution in [2.75, 3.05) is 19.7 Å². The van der Waals surface area contributed by atoms with Crippen LogP contribution in [0.1, 0.15) is 11.1 Å². The molecule has 1 saturated carbocycles. The van der Waals surface area contributed by atoms with Gasteiger partial charge in [0.1, 0.15) is 0 Å². The third-order valence-corrected chi connectivity index (χ3v) is 4.37. The average Bonchev–Trinajstić information content (AvgIpc) is 2.83. The van der Waals surface area contributed by atoms with E-state index in [0.717, 1.165) is 19.2 Å². The van der Waals surface area contributed by atoms with E-state index in [1.54, 1.807) is 12.1 Å². The number of piperidine rings is 1. The first-order valence-electron chi connectivity index (χ1n) is 6.49. The number of benzene rings is 1. The monoisotopic (exact) mass is 271 g/mol. The third-order valence-electron chi connectivity index (χ3n) is 4.37. The van der Waals surface area contributed by atoms with Crippen LogP contribution < -0.4 is 0 Å². The molecule has 3 rings (SSSR count). The number of aliphatic hydroxyl groups is 1. The molecule has 0 spiro atoms. The van der Waals surface area contributed by atoms with Crippen LogP contribution in [0.3, 0.4) is 0 Å². The fraction of sp³-hybridized carbons (Fsp3) is 0.571. The molecule has 5 heteroatoms. The summed E-state index contributed by atoms with van der Waals surface area (Å²) in [5.74, 6) is 1.36. The molecule has 0 amide bonds. The van der Waals surface area contributed by atoms with Gasteiger partial charge in [0.05, 0.1) is 5.56 Å². The highest BCUT2D eigenvalue weighted by Gasteiger charge is 2.54. The molecule has 0 bridgehead atoms. The number of halogens is 3. The zero-order valence-electron chi connectivity index (χ0n) is 10.4. The summed E-state index contributed by atoms with van der Waals surface area (Å²) in [6.07, 6.45) is -4.28. The first kappa shape index (κ1) is 12.9. The average molecular weight is 271 g/mol. The Morgan fingerprint density at radius 1 is 1.16 bits per heavy atom. The molecule has 2 unspecified atom stereocenters. The molecule has 1 heterocycles. The molecule has 1 aromatic carbocycles. The van der Waals surface area contributed by atoms with Gasteiger partial charge in [0, 0.05) is 26.2 Å². The minimum atomic E-state index is -4.28. The van der Waals surface area contributed by atoms with Crippen LogP contribution >= 0.6 is 0 Å². The van der Waals surface area contributed by atoms with Gasteiger partial charge in [-0.05, 0) is 29.4 Å². The topological polar surface area (TPSA) is 23.5 Å². The molecule has 0 aromatic heterocycles. The summed E-state index contributed by atoms with van der Waals surface area (Å²) in [6, 6.07) is 5.77. The normalized spacial score (nSPS) is 30.4. The van der Waals surface area contributed by atoms with Gasteiger partial charge < -0.3 is 5.11 Å². The fourth-order valence-electron chi connectivity index (χ4n) is 3.31. The molecule has 19 heavy (non-hydrogen) atoms. The Hall–Kier alpha value is -1.07. The molecule has 2 nitrogen and oxygen atoms in total. The van der Waals surface area contributed by atoms with Gasteiger partial charge in [0.25, 0.3) is 0 Å². The van der Waals surface area contributed by atoms with Crippen molar-refractivity contribution in [3.05, 3.63) is 35.4 Å². The first-order valence-corrected chi connectivity index (χ1v) is 6.49. The first-order chi connectivity index (χ1) is 9.00. The summed E-state index contributed by atoms with van der Waals surface area (Å²) in [7, 11) is 0. The maximum atomic E-state index is 12.9. The number of hydrogen-bond acceptors (Lipinski definition) is 2. The molecule has 104 valence electrons. The van der Waals surface area contributed by atoms with Crippen LogP contribution in [-0.2, 0) is 12.7 Å². The highest BCUT2D eigenvalue weighted by Crippen LogP contribution is 2.51. The molecule has 2 aliphatic rings. The second kappa shape index (κ2) is 4.49. The lowest BCUT2D eigenvalue weighted by atomic mass is 10.1. The Morgan fingerprint density at radius 3 is 2.37 bits per heavy atom. The quantitative estimate of drug-likeness (QED) is 0.912. The largest absolute Gasteiger partial charge is 0.416 e. The maximum absolute atomic E-state index is 12.9. The number of rotatable bonds is 3. The van der Waals surface area contributed by atoms with Crippen LogP contribution in [0.2, 0.25) is 0 Å². The van der Waals surface area contributed by atoms with Gasteiger partial charge in [0.15, 0.2) is 0 Å². The van der Waals surface area contributed by atoms with Crippen molar-refractivity contribution < 1.29 is 18.3 Å². The van der Waals surface area contributed by atoms with Crippen molar-refractivity contribution >= 4 is 0 Å². The number of alkyl halides is 3. The van der Waals surface area contributed by atoms with Crippen LogP contribution in [0.15, 0.2) is 24.3 Å². The standard InChI is InChI=1S/C14H16F3NO/c15-14(16,17)13-4-2-1-3-9(13)5-18-6-10-11(7-18)12(10)8-19/h1-4,10-12,19H,5-8H2. The van der Waals surface area contributed by atoms with Crippen LogP contribution in [0.4, 0.5) is 13.2 Å². The Labute approximate surface area is 109 Å². The molecule has 1 N–H and O–H groups in total. The smallest absolute Gasteiger partial charge is 0.396 e. The van der Waals surface area contributed by atoms with Gasteiger partial charge in [-0.2, -0.15) is 13.2 Å². The van der Waals surface area contributed by atoms with Gasteiger partial charge in [-0.3, -0.25) is 4.90 Å². The fourth-order valence-corrected chi connectivity index (χ4v) is 3.31. The highest BCUT2D eigenvalue weighted by molar-refractivity contribution is 5.29. The highest BCUT2D eigenvalue weighted by atomic mass is 19.4. The van der Waals surface area contributed by atoms with Gasteiger partial charge in [-0.15, -0.1) is 0 Å². The summed E-state index contributed by atoms with van der Waals surface area (Å²) >= 11 is 0. The Balaban J connectivity index is 1.69. The van der Waals surface area contributed by atoms with Crippen molar-refractivity contribution in [1.82, 2.24) is 4.90 Å². The van der Waals surface area contributed by atoms with Crippen molar-refractivity contribution in [1.29, 1.82) is 0 Å². The van der Waals surface area contributed by atoms with Crippen molar-refractivity contribution in [3.8, 4) is 0 Å². The minimum Gasteiger partial charge on any atom is -0.396 e. The van der Waals surface area contributed by atoms with Crippen LogP contribution in [0, 0.1) is 17.8 Å². The summed E-state index contributed by atoms with van der Waals surface area (Å²) in [4.78, 5) is 2.06. The van der Waals surface area contributed by atoms with Gasteiger partial charge in [-0.25, -0.2) is 0 Å². The SMILES string of the molecule is OCC1C2CN(Cc3ccccc3C(F)(F)F)CC12. The van der Waals surface area contributed by atoms with E-state index in [4.69, 9.17) is 5.11 Å². The van der Waals surface area contributed by atoms with E-state index in [1.807, 2.05) is 0 Å². The number of likely N-dealkylation sites (tertiary alicyclic amines) is 1. The van der Waals surface area contributed by atoms with E-state index in [-0.39, 0.29) is 6.61 Å². The van der Waals surface area contributed by atoms with E-state index < -0.39 is 11.7 Å². The molecule has 1 aliphatic heterocycles. The second-order valence-electron chi connectivity index (χ2n) is 5.52. The molecular weight excluding hydrogens is 255 g/mol. The summed E-state index contributed by atoms with van der Waals surface area (Å²) in [5, 5.41) is 9.07. The lowest BCUT2D eigenvalue weighted by molar-refractivity contribution is -0.138. The van der Waals surface area contributed by atoms with E-state index in [0.29, 0.717) is 29.9 Å². The Morgan fingerprint density at radius 2 is 1.79 bits per heavy atom. The van der Waals surface area contributed by atoms with E-state index in [1.165, 1.54) is 6.07 Å². The molecule has 2 fully saturated rings. The van der Waals surface area contributed by atoms with Crippen molar-refractivity contribution in [2.45, 2.75) is 12.7 Å². The Bertz CT molecular complexity index is 462. The van der Waals surface area contributed by atoms with E-state index in [9.17, 15) is 13.2 Å². The van der Waals surface area contributed by atoms with Crippen molar-refractivity contribution in [2.24, 2.45) is 17.8 Å². The van der Waals surface area contributed by atoms with Gasteiger partial charge in [-0.1, -0.05) is 18.2 Å². The molecule has 1 aromatic rings. The van der Waals surface area contributed by atoms with E-state index >= 15 is 0 Å². The number of hydrogen-bond donors (Lipinski definition) is 1. The summed E-state index contributed by atoms with van der Waals surface area (Å²) in [5.41, 5.74) is -0.189. The predicted molar refractivity (Wildman–Crippen MR) is 64.3 cm³/mol. The molecule has 1 saturated heterocycles. The minimum absolute atomic E-state index is 0.211. The second-order valence-corrected chi connectivity index (χ2v) is 5.52. The number of nitrogens with zero attached hydrogens (tertiary/aromatic N) is 1. The molecule has 2 atom stereocenters. The summed E-state index contributed by atoms with van der Waals surface area (Å²) in [6.45, 7) is 2.17. The summed E-state index contributed by atoms with van der Waals surface area (Å²) < 4.78 is 38.6. The molecule has 0 radical (unpaired) electrons. The maximum Gasteiger partial charge on any atom is 0.416 e. The van der Waals surface area contributed by atoms with Crippen LogP contribution in [0.5, 0.6) is 0 Å². The number of fused-ring (bicyclic) bond motifs is 1. The van der Waals surface area contributed by atoms with Crippen LogP contribution in [-0.4, -0.2) is 29.7 Å². The van der Waals surface area contributed by atoms with Crippen molar-refractivity contribution in [3.63, 3.8) is 0 Å². The van der Waals surface area contributed by atoms with E-state index in [2.05, 4.69) is 4.90 Å². The third kappa shape index (κ3) is 2.37. The number of aliphatic hydroxyl groups excluding tert-OH is 1. The lowest BCUT2D eigenvalue weighted by Crippen LogP contribution is -2.26. The van der Waals surface area contributed by atoms with Gasteiger partial charge >= 0.3 is 6.18 Å². The zero-order chi connectivity index (χ0) is 13.6. The predicted octanol–water partition coefficient (Wildman–Crippen LogP) is 2.38. The molecular formula is C14H16F3NO. The molecule has 1 aliphatic carbocycles. The van der Waals surface area contributed by atoms with Crippen LogP contribution in [0.25, 0.3) is 0 Å². The van der Waals surface area contributed by atoms with Gasteiger partial charge in [0.2, 0.25) is 0 Å².